The Labute approximate surface area is 133 Å². The average molecular weight is 374 g/mol. The first kappa shape index (κ1) is 22.0. The Balaban J connectivity index is 5.05. The molecule has 134 valence electrons. The number of alkyl halides is 6. The number of unbranched alkanes of at least 4 members (excludes halogenated alkanes) is 2. The van der Waals surface area contributed by atoms with Crippen LogP contribution in [-0.4, -0.2) is 26.6 Å². The summed E-state index contributed by atoms with van der Waals surface area (Å²) in [7, 11) is 0. The summed E-state index contributed by atoms with van der Waals surface area (Å²) < 4.78 is 90.3. The highest BCUT2D eigenvalue weighted by Gasteiger charge is 2.43. The van der Waals surface area contributed by atoms with E-state index in [1.165, 1.54) is 0 Å². The molecule has 2 nitrogen and oxygen atoms in total. The maximum absolute atomic E-state index is 12.6. The summed E-state index contributed by atoms with van der Waals surface area (Å²) in [6.45, 7) is 3.53. The fraction of sp³-hybridized carbons (Fsp3) is 1.00. The minimum Gasteiger partial charge on any atom is -0.279 e. The largest absolute Gasteiger partial charge is 0.497 e. The first-order valence-electron chi connectivity index (χ1n) is 6.91. The Kier molecular flexibility index (Phi) is 10.0. The molecule has 0 bridgehead atoms. The minimum absolute atomic E-state index is 0.00970. The third kappa shape index (κ3) is 9.94. The van der Waals surface area contributed by atoms with Gasteiger partial charge in [-0.1, -0.05) is 39.5 Å². The number of hydrogen-bond donors (Lipinski definition) is 0. The highest BCUT2D eigenvalue weighted by molar-refractivity contribution is 8.00. The molecule has 0 aliphatic rings. The molecule has 0 heterocycles. The zero-order valence-corrected chi connectivity index (χ0v) is 13.9. The van der Waals surface area contributed by atoms with E-state index in [9.17, 15) is 30.6 Å². The van der Waals surface area contributed by atoms with Crippen molar-refractivity contribution in [3.63, 3.8) is 0 Å². The van der Waals surface area contributed by atoms with Crippen molar-refractivity contribution in [2.45, 2.75) is 74.7 Å². The van der Waals surface area contributed by atoms with E-state index in [4.69, 9.17) is 0 Å². The number of hydrogen-bond acceptors (Lipinski definition) is 3. The summed E-state index contributed by atoms with van der Waals surface area (Å²) in [5, 5.41) is -1.20. The second kappa shape index (κ2) is 10.0. The van der Waals surface area contributed by atoms with Gasteiger partial charge in [-0.05, 0) is 24.6 Å². The van der Waals surface area contributed by atoms with Gasteiger partial charge in [0.2, 0.25) is 0 Å². The third-order valence-electron chi connectivity index (χ3n) is 2.78. The molecule has 0 rings (SSSR count). The molecule has 10 heteroatoms. The predicted octanol–water partition coefficient (Wildman–Crippen LogP) is 5.56. The van der Waals surface area contributed by atoms with Crippen LogP contribution < -0.4 is 0 Å². The molecule has 0 N–H and O–H groups in total. The maximum Gasteiger partial charge on any atom is 0.497 e. The zero-order chi connectivity index (χ0) is 17.4. The molecule has 0 aliphatic heterocycles. The van der Waals surface area contributed by atoms with Gasteiger partial charge < -0.3 is 0 Å². The van der Waals surface area contributed by atoms with Gasteiger partial charge in [-0.15, -0.1) is 0 Å². The molecule has 1 unspecified atom stereocenters. The number of thioether (sulfide) groups is 1. The summed E-state index contributed by atoms with van der Waals surface area (Å²) in [6.07, 6.45) is 0.757. The average Bonchev–Trinajstić information content (AvgIpc) is 2.36. The van der Waals surface area contributed by atoms with Crippen molar-refractivity contribution >= 4 is 22.8 Å². The monoisotopic (exact) mass is 374 g/mol. The Morgan fingerprint density at radius 1 is 1.00 bits per heavy atom. The van der Waals surface area contributed by atoms with E-state index in [-0.39, 0.29) is 24.6 Å². The van der Waals surface area contributed by atoms with E-state index < -0.39 is 33.5 Å². The summed E-state index contributed by atoms with van der Waals surface area (Å²) in [5.74, 6) is 0. The van der Waals surface area contributed by atoms with Crippen LogP contribution in [0.1, 0.15) is 52.4 Å². The zero-order valence-electron chi connectivity index (χ0n) is 12.3. The fourth-order valence-electron chi connectivity index (χ4n) is 1.77. The predicted molar refractivity (Wildman–Crippen MR) is 75.6 cm³/mol. The van der Waals surface area contributed by atoms with Crippen LogP contribution in [0.5, 0.6) is 0 Å². The van der Waals surface area contributed by atoms with E-state index in [0.29, 0.717) is 25.7 Å². The smallest absolute Gasteiger partial charge is 0.279 e. The standard InChI is InChI=1S/C12H20F6O2S2/c1-3-5-7-9(20-22(19)12(16,17)18)10(8-6-4-2)21-11(13,14)15/h9-10H,3-8H2,1-2H3/t9-,10+,22?/m0/s1. The van der Waals surface area contributed by atoms with Crippen molar-refractivity contribution in [1.29, 1.82) is 0 Å². The van der Waals surface area contributed by atoms with Gasteiger partial charge in [0.05, 0.1) is 6.10 Å². The van der Waals surface area contributed by atoms with Crippen molar-refractivity contribution in [2.75, 3.05) is 0 Å². The molecule has 3 atom stereocenters. The Morgan fingerprint density at radius 2 is 1.50 bits per heavy atom. The first-order valence-corrected chi connectivity index (χ1v) is 8.87. The van der Waals surface area contributed by atoms with Crippen LogP contribution in [0.15, 0.2) is 0 Å². The fourth-order valence-corrected chi connectivity index (χ4v) is 3.37. The van der Waals surface area contributed by atoms with Crippen LogP contribution >= 0.6 is 11.8 Å². The Hall–Kier alpha value is 0.0400. The van der Waals surface area contributed by atoms with Crippen LogP contribution in [0.4, 0.5) is 26.3 Å². The van der Waals surface area contributed by atoms with Crippen LogP contribution in [-0.2, 0) is 15.3 Å². The molecular weight excluding hydrogens is 354 g/mol. The lowest BCUT2D eigenvalue weighted by Gasteiger charge is -2.27. The lowest BCUT2D eigenvalue weighted by atomic mass is 10.1. The summed E-state index contributed by atoms with van der Waals surface area (Å²) in [6, 6.07) is 0. The molecule has 0 spiro atoms. The second-order valence-corrected chi connectivity index (χ2v) is 7.13. The Bertz CT molecular complexity index is 333. The summed E-state index contributed by atoms with van der Waals surface area (Å²) >= 11 is -3.98. The molecule has 0 saturated carbocycles. The van der Waals surface area contributed by atoms with E-state index in [2.05, 4.69) is 4.18 Å². The maximum atomic E-state index is 12.6. The van der Waals surface area contributed by atoms with Crippen LogP contribution in [0, 0.1) is 0 Å². The van der Waals surface area contributed by atoms with Gasteiger partial charge in [0.1, 0.15) is 0 Å². The normalized spacial score (nSPS) is 17.3. The molecule has 0 aromatic carbocycles. The highest BCUT2D eigenvalue weighted by Crippen LogP contribution is 2.40. The molecule has 0 aliphatic carbocycles. The molecule has 22 heavy (non-hydrogen) atoms. The molecule has 0 aromatic heterocycles. The van der Waals surface area contributed by atoms with Crippen LogP contribution in [0.25, 0.3) is 0 Å². The lowest BCUT2D eigenvalue weighted by molar-refractivity contribution is -0.0506. The van der Waals surface area contributed by atoms with E-state index in [1.807, 2.05) is 0 Å². The van der Waals surface area contributed by atoms with Crippen molar-refractivity contribution in [2.24, 2.45) is 0 Å². The van der Waals surface area contributed by atoms with Crippen molar-refractivity contribution in [3.8, 4) is 0 Å². The SMILES string of the molecule is CCCC[C@H](OS(=O)C(F)(F)F)[C@@H](CCCC)SC(F)(F)F. The van der Waals surface area contributed by atoms with Crippen molar-refractivity contribution < 1.29 is 34.7 Å². The molecular formula is C12H20F6O2S2. The van der Waals surface area contributed by atoms with Gasteiger partial charge in [-0.2, -0.15) is 26.3 Å². The Morgan fingerprint density at radius 3 is 1.91 bits per heavy atom. The molecule has 0 aromatic rings. The molecule has 0 radical (unpaired) electrons. The topological polar surface area (TPSA) is 26.3 Å². The van der Waals surface area contributed by atoms with Gasteiger partial charge in [-0.25, -0.2) is 4.21 Å². The van der Waals surface area contributed by atoms with Gasteiger partial charge >= 0.3 is 11.0 Å². The van der Waals surface area contributed by atoms with E-state index in [0.717, 1.165) is 0 Å². The van der Waals surface area contributed by atoms with Crippen LogP contribution in [0.2, 0.25) is 0 Å². The lowest BCUT2D eigenvalue weighted by Crippen LogP contribution is -2.33. The van der Waals surface area contributed by atoms with Gasteiger partial charge in [0.25, 0.3) is 11.1 Å². The summed E-state index contributed by atoms with van der Waals surface area (Å²) in [5.41, 5.74) is -9.67. The highest BCUT2D eigenvalue weighted by atomic mass is 32.2. The quantitative estimate of drug-likeness (QED) is 0.469. The number of halogens is 6. The van der Waals surface area contributed by atoms with E-state index in [1.54, 1.807) is 13.8 Å². The van der Waals surface area contributed by atoms with Crippen molar-refractivity contribution in [3.05, 3.63) is 0 Å². The first-order chi connectivity index (χ1) is 10.0. The molecule has 0 saturated heterocycles. The van der Waals surface area contributed by atoms with Gasteiger partial charge in [0.15, 0.2) is 0 Å². The van der Waals surface area contributed by atoms with Gasteiger partial charge in [-0.3, -0.25) is 4.18 Å². The number of rotatable bonds is 10. The third-order valence-corrected chi connectivity index (χ3v) is 4.69. The summed E-state index contributed by atoms with van der Waals surface area (Å²) in [4.78, 5) is 0. The van der Waals surface area contributed by atoms with Gasteiger partial charge in [0, 0.05) is 5.25 Å². The minimum atomic E-state index is -5.09. The molecule has 0 fully saturated rings. The van der Waals surface area contributed by atoms with Crippen molar-refractivity contribution in [1.82, 2.24) is 0 Å². The molecule has 0 amide bonds. The second-order valence-electron chi connectivity index (χ2n) is 4.70. The van der Waals surface area contributed by atoms with Crippen LogP contribution in [0.3, 0.4) is 0 Å². The van der Waals surface area contributed by atoms with E-state index >= 15 is 0 Å².